The predicted molar refractivity (Wildman–Crippen MR) is 125 cm³/mol. The van der Waals surface area contributed by atoms with Crippen LogP contribution in [0.1, 0.15) is 0 Å². The Labute approximate surface area is 203 Å². The number of rotatable bonds is 0. The van der Waals surface area contributed by atoms with E-state index in [1.807, 2.05) is 0 Å². The van der Waals surface area contributed by atoms with Gasteiger partial charge in [-0.05, 0) is 13.1 Å². The van der Waals surface area contributed by atoms with Crippen LogP contribution in [0.15, 0.2) is 0 Å². The molecule has 0 radical (unpaired) electrons. The SMILES string of the molecule is C1CNCCNCCNCC[N-]1.CO.CO.CO.CO.Cl.Cl.Cl.[CH3-].[CH3-].[CH3-].[Ti+4]. The van der Waals surface area contributed by atoms with Gasteiger partial charge in [-0.3, -0.25) is 0 Å². The Balaban J connectivity index is -0.0000000171. The maximum absolute atomic E-state index is 7.00. The molecule has 1 aliphatic heterocycles. The van der Waals surface area contributed by atoms with Crippen LogP contribution in [0.5, 0.6) is 0 Å². The van der Waals surface area contributed by atoms with E-state index in [-0.39, 0.29) is 81.2 Å². The topological polar surface area (TPSA) is 131 Å². The zero-order valence-electron chi connectivity index (χ0n) is 18.1. The first-order chi connectivity index (χ1) is 10.0. The second-order valence-corrected chi connectivity index (χ2v) is 2.92. The molecule has 0 atom stereocenters. The van der Waals surface area contributed by atoms with Crippen LogP contribution in [0.2, 0.25) is 0 Å². The zero-order chi connectivity index (χ0) is 16.5. The van der Waals surface area contributed by atoms with Crippen molar-refractivity contribution < 1.29 is 42.1 Å². The summed E-state index contributed by atoms with van der Waals surface area (Å²) in [5.74, 6) is 0. The van der Waals surface area contributed by atoms with E-state index in [9.17, 15) is 0 Å². The maximum atomic E-state index is 7.00. The number of hydrogen-bond donors (Lipinski definition) is 7. The number of aliphatic hydroxyl groups excluding tert-OH is 4. The van der Waals surface area contributed by atoms with Gasteiger partial charge in [0.2, 0.25) is 0 Å². The summed E-state index contributed by atoms with van der Waals surface area (Å²) in [5.41, 5.74) is 0. The molecule has 1 rings (SSSR count). The van der Waals surface area contributed by atoms with Gasteiger partial charge < -0.3 is 64.0 Å². The van der Waals surface area contributed by atoms with Crippen molar-refractivity contribution in [3.63, 3.8) is 0 Å². The molecule has 0 unspecified atom stereocenters. The average molecular weight is 502 g/mol. The van der Waals surface area contributed by atoms with E-state index >= 15 is 0 Å². The number of aliphatic hydroxyl groups is 4. The molecular weight excluding hydrogens is 454 g/mol. The van der Waals surface area contributed by atoms with Crippen LogP contribution < -0.4 is 16.0 Å². The Kier molecular flexibility index (Phi) is 279. The molecule has 0 aliphatic carbocycles. The minimum absolute atomic E-state index is 0. The van der Waals surface area contributed by atoms with Crippen LogP contribution in [0.25, 0.3) is 5.32 Å². The van der Waals surface area contributed by atoms with E-state index in [0.29, 0.717) is 0 Å². The summed E-state index contributed by atoms with van der Waals surface area (Å²) >= 11 is 0. The van der Waals surface area contributed by atoms with Gasteiger partial charge in [0, 0.05) is 54.6 Å². The van der Waals surface area contributed by atoms with Gasteiger partial charge in [0.05, 0.1) is 0 Å². The molecule has 1 fully saturated rings. The van der Waals surface area contributed by atoms with Gasteiger partial charge in [-0.15, -0.1) is 50.3 Å². The van der Waals surface area contributed by atoms with Crippen molar-refractivity contribution in [2.24, 2.45) is 0 Å². The largest absolute Gasteiger partial charge is 4.00 e. The van der Waals surface area contributed by atoms with Crippen LogP contribution in [-0.4, -0.2) is 101 Å². The van der Waals surface area contributed by atoms with E-state index < -0.39 is 0 Å². The van der Waals surface area contributed by atoms with Crippen molar-refractivity contribution in [1.29, 1.82) is 0 Å². The monoisotopic (exact) mass is 500 g/mol. The van der Waals surface area contributed by atoms with Crippen molar-refractivity contribution in [1.82, 2.24) is 16.0 Å². The van der Waals surface area contributed by atoms with Gasteiger partial charge in [-0.1, -0.05) is 0 Å². The Morgan fingerprint density at radius 3 is 0.889 bits per heavy atom. The summed E-state index contributed by atoms with van der Waals surface area (Å²) in [6.45, 7) is 8.14. The van der Waals surface area contributed by atoms with E-state index in [1.54, 1.807) is 0 Å². The van der Waals surface area contributed by atoms with Gasteiger partial charge in [0.15, 0.2) is 0 Å². The molecule has 0 saturated carbocycles. The molecule has 7 N–H and O–H groups in total. The van der Waals surface area contributed by atoms with Gasteiger partial charge in [-0.25, -0.2) is 0 Å². The van der Waals surface area contributed by atoms with Gasteiger partial charge >= 0.3 is 21.7 Å². The van der Waals surface area contributed by atoms with Gasteiger partial charge in [0.1, 0.15) is 0 Å². The first kappa shape index (κ1) is 70.5. The van der Waals surface area contributed by atoms with E-state index in [1.165, 1.54) is 0 Å². The van der Waals surface area contributed by atoms with Crippen LogP contribution in [-0.2, 0) is 21.7 Å². The molecule has 176 valence electrons. The van der Waals surface area contributed by atoms with Crippen LogP contribution in [0, 0.1) is 22.3 Å². The van der Waals surface area contributed by atoms with Crippen molar-refractivity contribution in [3.05, 3.63) is 27.6 Å². The van der Waals surface area contributed by atoms with Crippen LogP contribution in [0.4, 0.5) is 0 Å². The fourth-order valence-electron chi connectivity index (χ4n) is 1.16. The van der Waals surface area contributed by atoms with E-state index in [0.717, 1.165) is 80.8 Å². The molecule has 1 saturated heterocycles. The summed E-state index contributed by atoms with van der Waals surface area (Å²) in [6, 6.07) is 0. The summed E-state index contributed by atoms with van der Waals surface area (Å²) in [6.07, 6.45) is 0. The van der Waals surface area contributed by atoms with Gasteiger partial charge in [0.25, 0.3) is 0 Å². The molecule has 8 nitrogen and oxygen atoms in total. The third kappa shape index (κ3) is 98.9. The standard InChI is InChI=1S/C8H19N4.4CH4O.3CH3.3ClH.Ti/c1-2-10-5-6-12-8-7-11-4-3-9-1;4*1-2;;;;;;;/h9-11H,1-8H2;4*2H,1H3;3*1H3;3*1H;/q-1;;;;;3*-1;;;;+4. The molecule has 27 heavy (non-hydrogen) atoms. The molecule has 0 aromatic heterocycles. The first-order valence-corrected chi connectivity index (χ1v) is 6.54. The zero-order valence-corrected chi connectivity index (χ0v) is 22.1. The van der Waals surface area contributed by atoms with Crippen molar-refractivity contribution >= 4 is 37.2 Å². The Morgan fingerprint density at radius 1 is 0.481 bits per heavy atom. The van der Waals surface area contributed by atoms with Crippen LogP contribution in [0.3, 0.4) is 0 Å². The van der Waals surface area contributed by atoms with Crippen molar-refractivity contribution in [2.45, 2.75) is 0 Å². The fraction of sp³-hybridized carbons (Fsp3) is 0.800. The Hall–Kier alpha value is 1.26. The normalized spacial score (nSPS) is 11.6. The molecule has 12 heteroatoms. The Bertz CT molecular complexity index is 92.0. The minimum Gasteiger partial charge on any atom is -0.660 e. The van der Waals surface area contributed by atoms with Crippen LogP contribution >= 0.6 is 37.2 Å². The molecule has 0 aromatic carbocycles. The second-order valence-electron chi connectivity index (χ2n) is 2.92. The number of nitrogens with one attached hydrogen (secondary N) is 3. The summed E-state index contributed by atoms with van der Waals surface area (Å²) in [7, 11) is 4.00. The Morgan fingerprint density at radius 2 is 0.667 bits per heavy atom. The quantitative estimate of drug-likeness (QED) is 0.186. The molecule has 0 bridgehead atoms. The molecule has 0 spiro atoms. The molecule has 0 aromatic rings. The smallest absolute Gasteiger partial charge is 0.660 e. The summed E-state index contributed by atoms with van der Waals surface area (Å²) in [4.78, 5) is 0. The number of halogens is 3. The number of hydrogen-bond acceptors (Lipinski definition) is 7. The molecule has 1 heterocycles. The summed E-state index contributed by atoms with van der Waals surface area (Å²) in [5, 5.41) is 42.4. The maximum Gasteiger partial charge on any atom is 4.00 e. The van der Waals surface area contributed by atoms with E-state index in [2.05, 4.69) is 21.3 Å². The minimum atomic E-state index is 0. The summed E-state index contributed by atoms with van der Waals surface area (Å²) < 4.78 is 0. The molecule has 1 aliphatic rings. The van der Waals surface area contributed by atoms with E-state index in [4.69, 9.17) is 20.4 Å². The first-order valence-electron chi connectivity index (χ1n) is 6.54. The third-order valence-electron chi connectivity index (χ3n) is 1.85. The van der Waals surface area contributed by atoms with Crippen molar-refractivity contribution in [2.75, 3.05) is 80.8 Å². The van der Waals surface area contributed by atoms with Gasteiger partial charge in [-0.2, -0.15) is 0 Å². The predicted octanol–water partition coefficient (Wildman–Crippen LogP) is 0.190. The van der Waals surface area contributed by atoms with Crippen molar-refractivity contribution in [3.8, 4) is 0 Å². The third-order valence-corrected chi connectivity index (χ3v) is 1.85. The molecule has 0 amide bonds. The number of nitrogens with zero attached hydrogens (tertiary/aromatic N) is 1. The average Bonchev–Trinajstić information content (AvgIpc) is 2.56. The fourth-order valence-corrected chi connectivity index (χ4v) is 1.16. The molecular formula is C15H47Cl3N4O4Ti. The second kappa shape index (κ2) is 107.